The first-order valence-electron chi connectivity index (χ1n) is 5.63. The Bertz CT molecular complexity index is 290. The van der Waals surface area contributed by atoms with Crippen molar-refractivity contribution in [2.45, 2.75) is 45.6 Å². The lowest BCUT2D eigenvalue weighted by Gasteiger charge is -2.16. The molecule has 0 aliphatic rings. The number of nitrogens with one attached hydrogen (secondary N) is 1. The predicted octanol–water partition coefficient (Wildman–Crippen LogP) is 0.857. The van der Waals surface area contributed by atoms with Gasteiger partial charge in [0.15, 0.2) is 0 Å². The van der Waals surface area contributed by atoms with Crippen molar-refractivity contribution in [3.63, 3.8) is 0 Å². The van der Waals surface area contributed by atoms with E-state index in [0.717, 1.165) is 6.42 Å². The third-order valence-electron chi connectivity index (χ3n) is 2.43. The third-order valence-corrected chi connectivity index (χ3v) is 2.43. The van der Waals surface area contributed by atoms with Crippen LogP contribution in [0.25, 0.3) is 0 Å². The molecule has 6 nitrogen and oxygen atoms in total. The van der Waals surface area contributed by atoms with E-state index in [1.165, 1.54) is 0 Å². The van der Waals surface area contributed by atoms with Gasteiger partial charge in [-0.3, -0.25) is 9.59 Å². The van der Waals surface area contributed by atoms with E-state index >= 15 is 0 Å². The Morgan fingerprint density at radius 1 is 1.18 bits per heavy atom. The number of rotatable bonds is 8. The van der Waals surface area contributed by atoms with Crippen LogP contribution in [-0.4, -0.2) is 34.1 Å². The van der Waals surface area contributed by atoms with Crippen molar-refractivity contribution < 1.29 is 24.6 Å². The highest BCUT2D eigenvalue weighted by atomic mass is 16.4. The quantitative estimate of drug-likeness (QED) is 0.588. The van der Waals surface area contributed by atoms with Crippen molar-refractivity contribution in [3.05, 3.63) is 0 Å². The number of amides is 1. The molecule has 17 heavy (non-hydrogen) atoms. The second-order valence-corrected chi connectivity index (χ2v) is 4.02. The maximum Gasteiger partial charge on any atom is 0.326 e. The molecule has 2 atom stereocenters. The molecule has 3 N–H and O–H groups in total. The van der Waals surface area contributed by atoms with Gasteiger partial charge in [0.1, 0.15) is 6.04 Å². The first-order valence-corrected chi connectivity index (χ1v) is 5.63. The van der Waals surface area contributed by atoms with Crippen LogP contribution in [0.15, 0.2) is 0 Å². The molecule has 0 aliphatic heterocycles. The van der Waals surface area contributed by atoms with Gasteiger partial charge in [-0.15, -0.1) is 0 Å². The molecule has 6 heteroatoms. The summed E-state index contributed by atoms with van der Waals surface area (Å²) in [5.41, 5.74) is 0. The lowest BCUT2D eigenvalue weighted by atomic mass is 10.0. The minimum atomic E-state index is -1.21. The SMILES string of the molecule is CCCC(C)C(=O)NC(CCC(=O)O)C(=O)O. The van der Waals surface area contributed by atoms with E-state index in [1.807, 2.05) is 6.92 Å². The molecule has 0 fully saturated rings. The molecule has 2 unspecified atom stereocenters. The number of hydrogen-bond donors (Lipinski definition) is 3. The van der Waals surface area contributed by atoms with Gasteiger partial charge in [-0.25, -0.2) is 4.79 Å². The summed E-state index contributed by atoms with van der Waals surface area (Å²) in [5.74, 6) is -2.88. The molecule has 0 radical (unpaired) electrons. The number of carboxylic acid groups (broad SMARTS) is 2. The van der Waals surface area contributed by atoms with Crippen LogP contribution in [0, 0.1) is 5.92 Å². The first kappa shape index (κ1) is 15.4. The highest BCUT2D eigenvalue weighted by Crippen LogP contribution is 2.06. The summed E-state index contributed by atoms with van der Waals surface area (Å²) < 4.78 is 0. The largest absolute Gasteiger partial charge is 0.481 e. The fourth-order valence-electron chi connectivity index (χ4n) is 1.40. The number of carboxylic acids is 2. The van der Waals surface area contributed by atoms with Gasteiger partial charge in [-0.2, -0.15) is 0 Å². The maximum atomic E-state index is 11.6. The van der Waals surface area contributed by atoms with Crippen molar-refractivity contribution in [1.82, 2.24) is 5.32 Å². The van der Waals surface area contributed by atoms with Gasteiger partial charge in [0, 0.05) is 12.3 Å². The summed E-state index contributed by atoms with van der Waals surface area (Å²) in [7, 11) is 0. The van der Waals surface area contributed by atoms with Gasteiger partial charge in [-0.1, -0.05) is 20.3 Å². The summed E-state index contributed by atoms with van der Waals surface area (Å²) in [6.45, 7) is 3.65. The summed E-state index contributed by atoms with van der Waals surface area (Å²) in [5, 5.41) is 19.7. The van der Waals surface area contributed by atoms with E-state index in [9.17, 15) is 14.4 Å². The summed E-state index contributed by atoms with van der Waals surface area (Å²) >= 11 is 0. The minimum absolute atomic E-state index is 0.102. The second kappa shape index (κ2) is 7.65. The molecule has 0 bridgehead atoms. The Labute approximate surface area is 100 Å². The Kier molecular flexibility index (Phi) is 6.93. The molecule has 0 aromatic heterocycles. The van der Waals surface area contributed by atoms with Gasteiger partial charge >= 0.3 is 11.9 Å². The Balaban J connectivity index is 4.29. The number of carbonyl (C=O) groups excluding carboxylic acids is 1. The van der Waals surface area contributed by atoms with Gasteiger partial charge < -0.3 is 15.5 Å². The molecule has 0 aromatic carbocycles. The van der Waals surface area contributed by atoms with Crippen molar-refractivity contribution in [2.24, 2.45) is 5.92 Å². The Morgan fingerprint density at radius 3 is 2.18 bits per heavy atom. The average Bonchev–Trinajstić information content (AvgIpc) is 2.23. The van der Waals surface area contributed by atoms with E-state index in [1.54, 1.807) is 6.92 Å². The van der Waals surface area contributed by atoms with Crippen LogP contribution in [0.2, 0.25) is 0 Å². The molecule has 1 amide bonds. The van der Waals surface area contributed by atoms with Gasteiger partial charge in [0.2, 0.25) is 5.91 Å². The average molecular weight is 245 g/mol. The third kappa shape index (κ3) is 6.55. The number of carbonyl (C=O) groups is 3. The predicted molar refractivity (Wildman–Crippen MR) is 60.5 cm³/mol. The van der Waals surface area contributed by atoms with E-state index in [-0.39, 0.29) is 24.7 Å². The van der Waals surface area contributed by atoms with Gasteiger partial charge in [0.05, 0.1) is 0 Å². The molecular formula is C11H19NO5. The molecule has 0 heterocycles. The molecular weight excluding hydrogens is 226 g/mol. The number of hydrogen-bond acceptors (Lipinski definition) is 3. The monoisotopic (exact) mass is 245 g/mol. The van der Waals surface area contributed by atoms with E-state index < -0.39 is 18.0 Å². The second-order valence-electron chi connectivity index (χ2n) is 4.02. The zero-order valence-corrected chi connectivity index (χ0v) is 10.1. The van der Waals surface area contributed by atoms with Crippen LogP contribution < -0.4 is 5.32 Å². The zero-order valence-electron chi connectivity index (χ0n) is 10.1. The smallest absolute Gasteiger partial charge is 0.326 e. The van der Waals surface area contributed by atoms with Gasteiger partial charge in [-0.05, 0) is 12.8 Å². The number of aliphatic carboxylic acids is 2. The van der Waals surface area contributed by atoms with Crippen LogP contribution >= 0.6 is 0 Å². The summed E-state index contributed by atoms with van der Waals surface area (Å²) in [6.07, 6.45) is 1.13. The van der Waals surface area contributed by atoms with E-state index in [0.29, 0.717) is 6.42 Å². The maximum absolute atomic E-state index is 11.6. The topological polar surface area (TPSA) is 104 Å². The van der Waals surface area contributed by atoms with Crippen molar-refractivity contribution in [2.75, 3.05) is 0 Å². The molecule has 0 saturated heterocycles. The first-order chi connectivity index (χ1) is 7.88. The van der Waals surface area contributed by atoms with Crippen LogP contribution in [-0.2, 0) is 14.4 Å². The lowest BCUT2D eigenvalue weighted by Crippen LogP contribution is -2.43. The van der Waals surface area contributed by atoms with Crippen LogP contribution in [0.4, 0.5) is 0 Å². The lowest BCUT2D eigenvalue weighted by molar-refractivity contribution is -0.143. The Morgan fingerprint density at radius 2 is 1.76 bits per heavy atom. The molecule has 0 spiro atoms. The summed E-state index contributed by atoms with van der Waals surface area (Å²) in [6, 6.07) is -1.13. The normalized spacial score (nSPS) is 13.8. The molecule has 0 rings (SSSR count). The fourth-order valence-corrected chi connectivity index (χ4v) is 1.40. The van der Waals surface area contributed by atoms with Crippen molar-refractivity contribution in [1.29, 1.82) is 0 Å². The van der Waals surface area contributed by atoms with Crippen LogP contribution in [0.1, 0.15) is 39.5 Å². The zero-order chi connectivity index (χ0) is 13.4. The molecule has 0 aromatic rings. The Hall–Kier alpha value is -1.59. The van der Waals surface area contributed by atoms with E-state index in [2.05, 4.69) is 5.32 Å². The minimum Gasteiger partial charge on any atom is -0.481 e. The van der Waals surface area contributed by atoms with Gasteiger partial charge in [0.25, 0.3) is 0 Å². The highest BCUT2D eigenvalue weighted by Gasteiger charge is 2.23. The molecule has 98 valence electrons. The summed E-state index contributed by atoms with van der Waals surface area (Å²) in [4.78, 5) is 32.7. The van der Waals surface area contributed by atoms with E-state index in [4.69, 9.17) is 10.2 Å². The van der Waals surface area contributed by atoms with Crippen LogP contribution in [0.5, 0.6) is 0 Å². The van der Waals surface area contributed by atoms with Crippen molar-refractivity contribution >= 4 is 17.8 Å². The molecule has 0 aliphatic carbocycles. The van der Waals surface area contributed by atoms with Crippen molar-refractivity contribution in [3.8, 4) is 0 Å². The van der Waals surface area contributed by atoms with Crippen LogP contribution in [0.3, 0.4) is 0 Å². The molecule has 0 saturated carbocycles. The standard InChI is InChI=1S/C11H19NO5/c1-3-4-7(2)10(15)12-8(11(16)17)5-6-9(13)14/h7-8H,3-6H2,1-2H3,(H,12,15)(H,13,14)(H,16,17). The fraction of sp³-hybridized carbons (Fsp3) is 0.727. The highest BCUT2D eigenvalue weighted by molar-refractivity contribution is 5.85.